The molecule has 0 aromatic rings. The lowest BCUT2D eigenvalue weighted by Crippen LogP contribution is -1.84. The van der Waals surface area contributed by atoms with Crippen molar-refractivity contribution >= 4 is 11.8 Å². The van der Waals surface area contributed by atoms with Gasteiger partial charge in [-0.05, 0) is 17.9 Å². The van der Waals surface area contributed by atoms with Gasteiger partial charge in [0, 0.05) is 0 Å². The molecule has 0 radical (unpaired) electrons. The van der Waals surface area contributed by atoms with Crippen molar-refractivity contribution in [1.29, 1.82) is 0 Å². The molecule has 0 aliphatic heterocycles. The van der Waals surface area contributed by atoms with E-state index >= 15 is 0 Å². The van der Waals surface area contributed by atoms with Gasteiger partial charge in [-0.25, -0.2) is 0 Å². The van der Waals surface area contributed by atoms with Crippen molar-refractivity contribution < 1.29 is 0 Å². The van der Waals surface area contributed by atoms with Crippen molar-refractivity contribution in [2.45, 2.75) is 104 Å². The van der Waals surface area contributed by atoms with Crippen molar-refractivity contribution in [3.05, 3.63) is 0 Å². The van der Waals surface area contributed by atoms with Gasteiger partial charge in [-0.15, -0.1) is 0 Å². The van der Waals surface area contributed by atoms with Crippen LogP contribution in [-0.2, 0) is 0 Å². The molecule has 0 aromatic carbocycles. The molecular formula is C18H38S. The molecule has 19 heavy (non-hydrogen) atoms. The molecule has 0 bridgehead atoms. The minimum atomic E-state index is 1.29. The highest BCUT2D eigenvalue weighted by atomic mass is 32.2. The van der Waals surface area contributed by atoms with Crippen LogP contribution >= 0.6 is 11.8 Å². The van der Waals surface area contributed by atoms with E-state index in [1.807, 2.05) is 0 Å². The Labute approximate surface area is 127 Å². The summed E-state index contributed by atoms with van der Waals surface area (Å²) in [6.07, 6.45) is 20.5. The molecule has 0 amide bonds. The van der Waals surface area contributed by atoms with Gasteiger partial charge in [0.05, 0.1) is 0 Å². The molecule has 0 atom stereocenters. The van der Waals surface area contributed by atoms with E-state index in [1.165, 1.54) is 101 Å². The Balaban J connectivity index is 2.88. The highest BCUT2D eigenvalue weighted by Crippen LogP contribution is 2.13. The average molecular weight is 287 g/mol. The van der Waals surface area contributed by atoms with Crippen LogP contribution in [0.5, 0.6) is 0 Å². The molecule has 0 saturated carbocycles. The minimum Gasteiger partial charge on any atom is -0.162 e. The highest BCUT2D eigenvalue weighted by molar-refractivity contribution is 7.99. The minimum absolute atomic E-state index is 1.29. The van der Waals surface area contributed by atoms with E-state index in [9.17, 15) is 0 Å². The monoisotopic (exact) mass is 286 g/mol. The first-order valence-electron chi connectivity index (χ1n) is 8.99. The molecule has 0 aromatic heterocycles. The lowest BCUT2D eigenvalue weighted by Gasteiger charge is -2.03. The Morgan fingerprint density at radius 3 is 1.21 bits per heavy atom. The zero-order chi connectivity index (χ0) is 14.0. The molecule has 0 unspecified atom stereocenters. The number of hydrogen-bond donors (Lipinski definition) is 0. The van der Waals surface area contributed by atoms with Crippen molar-refractivity contribution in [3.8, 4) is 0 Å². The molecular weight excluding hydrogens is 248 g/mol. The quantitative estimate of drug-likeness (QED) is 0.270. The van der Waals surface area contributed by atoms with Crippen LogP contribution in [0.2, 0.25) is 0 Å². The molecule has 0 heterocycles. The van der Waals surface area contributed by atoms with Crippen molar-refractivity contribution in [3.63, 3.8) is 0 Å². The van der Waals surface area contributed by atoms with Crippen molar-refractivity contribution in [2.24, 2.45) is 0 Å². The molecule has 0 N–H and O–H groups in total. The Morgan fingerprint density at radius 2 is 0.842 bits per heavy atom. The van der Waals surface area contributed by atoms with Gasteiger partial charge in [-0.1, -0.05) is 97.3 Å². The van der Waals surface area contributed by atoms with Crippen LogP contribution in [0.4, 0.5) is 0 Å². The maximum Gasteiger partial charge on any atom is -0.00676 e. The number of unbranched alkanes of at least 4 members (excludes halogenated alkanes) is 13. The Morgan fingerprint density at radius 1 is 0.474 bits per heavy atom. The third kappa shape index (κ3) is 18.4. The predicted octanol–water partition coefficient (Wildman–Crippen LogP) is 7.22. The molecule has 0 spiro atoms. The van der Waals surface area contributed by atoms with Gasteiger partial charge in [0.15, 0.2) is 0 Å². The second-order valence-electron chi connectivity index (χ2n) is 5.79. The molecule has 0 aliphatic rings. The van der Waals surface area contributed by atoms with Gasteiger partial charge in [0.25, 0.3) is 0 Å². The number of rotatable bonds is 16. The van der Waals surface area contributed by atoms with Crippen molar-refractivity contribution in [1.82, 2.24) is 0 Å². The fourth-order valence-corrected chi connectivity index (χ4v) is 3.24. The predicted molar refractivity (Wildman–Crippen MR) is 93.3 cm³/mol. The Bertz CT molecular complexity index is 129. The normalized spacial score (nSPS) is 11.1. The maximum atomic E-state index is 2.29. The van der Waals surface area contributed by atoms with Gasteiger partial charge in [0.2, 0.25) is 0 Å². The summed E-state index contributed by atoms with van der Waals surface area (Å²) in [6, 6.07) is 0. The molecule has 116 valence electrons. The standard InChI is InChI=1S/C18H38S/c1-3-5-6-7-8-9-10-11-12-13-14-15-16-17-18-19-4-2/h3-18H2,1-2H3. The second kappa shape index (κ2) is 18.4. The third-order valence-corrected chi connectivity index (χ3v) is 4.83. The van der Waals surface area contributed by atoms with Gasteiger partial charge in [-0.3, -0.25) is 0 Å². The van der Waals surface area contributed by atoms with E-state index in [0.717, 1.165) is 0 Å². The molecule has 0 aliphatic carbocycles. The average Bonchev–Trinajstić information content (AvgIpc) is 2.43. The van der Waals surface area contributed by atoms with Crippen LogP contribution in [0.25, 0.3) is 0 Å². The molecule has 0 rings (SSSR count). The van der Waals surface area contributed by atoms with E-state index in [-0.39, 0.29) is 0 Å². The zero-order valence-corrected chi connectivity index (χ0v) is 14.5. The van der Waals surface area contributed by atoms with E-state index in [4.69, 9.17) is 0 Å². The Hall–Kier alpha value is 0.350. The summed E-state index contributed by atoms with van der Waals surface area (Å²) in [7, 11) is 0. The van der Waals surface area contributed by atoms with Gasteiger partial charge < -0.3 is 0 Å². The zero-order valence-electron chi connectivity index (χ0n) is 13.7. The van der Waals surface area contributed by atoms with E-state index in [2.05, 4.69) is 25.6 Å². The summed E-state index contributed by atoms with van der Waals surface area (Å²) in [4.78, 5) is 0. The summed E-state index contributed by atoms with van der Waals surface area (Å²) in [6.45, 7) is 4.55. The van der Waals surface area contributed by atoms with Crippen LogP contribution in [0, 0.1) is 0 Å². The van der Waals surface area contributed by atoms with E-state index in [1.54, 1.807) is 0 Å². The van der Waals surface area contributed by atoms with E-state index in [0.29, 0.717) is 0 Å². The first-order chi connectivity index (χ1) is 9.41. The lowest BCUT2D eigenvalue weighted by atomic mass is 10.0. The third-order valence-electron chi connectivity index (χ3n) is 3.85. The molecule has 1 heteroatoms. The largest absolute Gasteiger partial charge is 0.162 e. The molecule has 0 saturated heterocycles. The van der Waals surface area contributed by atoms with Crippen LogP contribution in [0.15, 0.2) is 0 Å². The summed E-state index contributed by atoms with van der Waals surface area (Å²) in [5.74, 6) is 2.67. The van der Waals surface area contributed by atoms with Gasteiger partial charge in [-0.2, -0.15) is 11.8 Å². The first kappa shape index (κ1) is 19.4. The summed E-state index contributed by atoms with van der Waals surface area (Å²) >= 11 is 2.09. The SMILES string of the molecule is CCCCCCCCCCCCCCCCSCC. The van der Waals surface area contributed by atoms with Crippen molar-refractivity contribution in [2.75, 3.05) is 11.5 Å². The van der Waals surface area contributed by atoms with Gasteiger partial charge in [0.1, 0.15) is 0 Å². The van der Waals surface area contributed by atoms with E-state index < -0.39 is 0 Å². The fraction of sp³-hybridized carbons (Fsp3) is 1.00. The van der Waals surface area contributed by atoms with Crippen LogP contribution in [0.1, 0.15) is 104 Å². The number of hydrogen-bond acceptors (Lipinski definition) is 1. The van der Waals surface area contributed by atoms with Crippen LogP contribution in [0.3, 0.4) is 0 Å². The lowest BCUT2D eigenvalue weighted by molar-refractivity contribution is 0.538. The number of thioether (sulfide) groups is 1. The first-order valence-corrected chi connectivity index (χ1v) is 10.1. The Kier molecular flexibility index (Phi) is 18.7. The summed E-state index contributed by atoms with van der Waals surface area (Å²) in [5, 5.41) is 0. The smallest absolute Gasteiger partial charge is 0.00676 e. The van der Waals surface area contributed by atoms with Crippen LogP contribution < -0.4 is 0 Å². The second-order valence-corrected chi connectivity index (χ2v) is 7.19. The summed E-state index contributed by atoms with van der Waals surface area (Å²) in [5.41, 5.74) is 0. The maximum absolute atomic E-state index is 2.29. The topological polar surface area (TPSA) is 0 Å². The van der Waals surface area contributed by atoms with Crippen LogP contribution in [-0.4, -0.2) is 11.5 Å². The van der Waals surface area contributed by atoms with Gasteiger partial charge >= 0.3 is 0 Å². The molecule has 0 fully saturated rings. The summed E-state index contributed by atoms with van der Waals surface area (Å²) < 4.78 is 0. The highest BCUT2D eigenvalue weighted by Gasteiger charge is 1.94. The fourth-order valence-electron chi connectivity index (χ4n) is 2.54. The molecule has 0 nitrogen and oxygen atoms in total.